The monoisotopic (exact) mass is 312 g/mol. The summed E-state index contributed by atoms with van der Waals surface area (Å²) in [5, 5.41) is 0. The van der Waals surface area contributed by atoms with Crippen LogP contribution in [0.3, 0.4) is 0 Å². The quantitative estimate of drug-likeness (QED) is 0.825. The van der Waals surface area contributed by atoms with Crippen molar-refractivity contribution in [2.45, 2.75) is 6.92 Å². The molecule has 2 rings (SSSR count). The van der Waals surface area contributed by atoms with Crippen molar-refractivity contribution in [3.05, 3.63) is 29.3 Å². The van der Waals surface area contributed by atoms with Gasteiger partial charge in [-0.15, -0.1) is 0 Å². The Bertz CT molecular complexity index is 634. The molecule has 1 heterocycles. The van der Waals surface area contributed by atoms with Crippen LogP contribution in [0, 0.1) is 6.92 Å². The second kappa shape index (κ2) is 6.03. The number of amides is 1. The fourth-order valence-electron chi connectivity index (χ4n) is 2.38. The highest BCUT2D eigenvalue weighted by atomic mass is 32.2. The molecule has 0 spiro atoms. The van der Waals surface area contributed by atoms with E-state index in [0.29, 0.717) is 37.5 Å². The molecule has 0 radical (unpaired) electrons. The second-order valence-corrected chi connectivity index (χ2v) is 7.14. The van der Waals surface area contributed by atoms with Crippen LogP contribution in [0.15, 0.2) is 18.2 Å². The summed E-state index contributed by atoms with van der Waals surface area (Å²) in [7, 11) is -1.66. The molecular weight excluding hydrogens is 292 g/mol. The number of hydrogen-bond acceptors (Lipinski definition) is 4. The molecule has 1 saturated heterocycles. The molecule has 0 unspecified atom stereocenters. The zero-order valence-corrected chi connectivity index (χ0v) is 13.3. The van der Waals surface area contributed by atoms with E-state index in [9.17, 15) is 13.2 Å². The number of piperazine rings is 1. The average molecular weight is 312 g/mol. The Balaban J connectivity index is 2.14. The van der Waals surface area contributed by atoms with Crippen LogP contribution in [-0.4, -0.2) is 63.1 Å². The Morgan fingerprint density at radius 1 is 1.19 bits per heavy atom. The van der Waals surface area contributed by atoms with E-state index in [0.717, 1.165) is 5.56 Å². The van der Waals surface area contributed by atoms with Crippen LogP contribution in [0.5, 0.6) is 5.75 Å². The van der Waals surface area contributed by atoms with Crippen molar-refractivity contribution in [1.82, 2.24) is 9.21 Å². The number of carbonyl (C=O) groups excluding carboxylic acids is 1. The Morgan fingerprint density at radius 2 is 1.81 bits per heavy atom. The van der Waals surface area contributed by atoms with Gasteiger partial charge < -0.3 is 9.64 Å². The number of carbonyl (C=O) groups is 1. The van der Waals surface area contributed by atoms with Crippen molar-refractivity contribution in [2.24, 2.45) is 0 Å². The van der Waals surface area contributed by atoms with Crippen molar-refractivity contribution >= 4 is 15.9 Å². The molecule has 1 aliphatic rings. The van der Waals surface area contributed by atoms with Crippen LogP contribution in [0.4, 0.5) is 0 Å². The van der Waals surface area contributed by atoms with Gasteiger partial charge in [-0.2, -0.15) is 4.31 Å². The van der Waals surface area contributed by atoms with E-state index in [1.165, 1.54) is 17.7 Å². The SMILES string of the molecule is COc1ccc(C)cc1C(=O)N1CCN(S(C)(=O)=O)CC1. The van der Waals surface area contributed by atoms with Gasteiger partial charge in [-0.3, -0.25) is 4.79 Å². The molecule has 1 amide bonds. The number of benzene rings is 1. The molecule has 6 nitrogen and oxygen atoms in total. The highest BCUT2D eigenvalue weighted by molar-refractivity contribution is 7.88. The standard InChI is InChI=1S/C14H20N2O4S/c1-11-4-5-13(20-2)12(10-11)14(17)15-6-8-16(9-7-15)21(3,18)19/h4-5,10H,6-9H2,1-3H3. The minimum Gasteiger partial charge on any atom is -0.496 e. The van der Waals surface area contributed by atoms with Gasteiger partial charge >= 0.3 is 0 Å². The maximum Gasteiger partial charge on any atom is 0.257 e. The number of methoxy groups -OCH3 is 1. The minimum atomic E-state index is -3.19. The van der Waals surface area contributed by atoms with Gasteiger partial charge in [0.25, 0.3) is 5.91 Å². The molecule has 0 aliphatic carbocycles. The summed E-state index contributed by atoms with van der Waals surface area (Å²) in [6, 6.07) is 5.45. The maximum atomic E-state index is 12.6. The van der Waals surface area contributed by atoms with E-state index in [1.807, 2.05) is 13.0 Å². The molecule has 116 valence electrons. The first-order valence-corrected chi connectivity index (χ1v) is 8.57. The van der Waals surface area contributed by atoms with Gasteiger partial charge in [0.15, 0.2) is 0 Å². The highest BCUT2D eigenvalue weighted by Gasteiger charge is 2.27. The van der Waals surface area contributed by atoms with Crippen molar-refractivity contribution < 1.29 is 17.9 Å². The van der Waals surface area contributed by atoms with Crippen molar-refractivity contribution in [1.29, 1.82) is 0 Å². The molecule has 21 heavy (non-hydrogen) atoms. The minimum absolute atomic E-state index is 0.122. The van der Waals surface area contributed by atoms with Gasteiger partial charge in [0.05, 0.1) is 18.9 Å². The molecule has 1 fully saturated rings. The third kappa shape index (κ3) is 3.54. The van der Waals surface area contributed by atoms with Crippen LogP contribution >= 0.6 is 0 Å². The average Bonchev–Trinajstić information content (AvgIpc) is 2.45. The molecular formula is C14H20N2O4S. The molecule has 7 heteroatoms. The van der Waals surface area contributed by atoms with Gasteiger partial charge in [-0.1, -0.05) is 11.6 Å². The normalized spacial score (nSPS) is 16.8. The Hall–Kier alpha value is -1.60. The van der Waals surface area contributed by atoms with Gasteiger partial charge in [-0.05, 0) is 19.1 Å². The number of ether oxygens (including phenoxy) is 1. The lowest BCUT2D eigenvalue weighted by molar-refractivity contribution is 0.0695. The van der Waals surface area contributed by atoms with Crippen molar-refractivity contribution in [3.8, 4) is 5.75 Å². The van der Waals surface area contributed by atoms with E-state index in [2.05, 4.69) is 0 Å². The van der Waals surface area contributed by atoms with Crippen molar-refractivity contribution in [3.63, 3.8) is 0 Å². The van der Waals surface area contributed by atoms with Gasteiger partial charge in [0.2, 0.25) is 10.0 Å². The summed E-state index contributed by atoms with van der Waals surface area (Å²) in [4.78, 5) is 14.2. The van der Waals surface area contributed by atoms with Gasteiger partial charge in [-0.25, -0.2) is 8.42 Å². The first kappa shape index (κ1) is 15.8. The molecule has 0 aromatic heterocycles. The number of sulfonamides is 1. The summed E-state index contributed by atoms with van der Waals surface area (Å²) < 4.78 is 29.6. The van der Waals surface area contributed by atoms with Crippen LogP contribution in [0.2, 0.25) is 0 Å². The zero-order valence-electron chi connectivity index (χ0n) is 12.5. The number of nitrogens with zero attached hydrogens (tertiary/aromatic N) is 2. The van der Waals surface area contributed by atoms with Crippen LogP contribution in [0.25, 0.3) is 0 Å². The molecule has 1 aromatic carbocycles. The van der Waals surface area contributed by atoms with Crippen LogP contribution < -0.4 is 4.74 Å². The fourth-order valence-corrected chi connectivity index (χ4v) is 3.21. The van der Waals surface area contributed by atoms with E-state index in [-0.39, 0.29) is 5.91 Å². The maximum absolute atomic E-state index is 12.6. The van der Waals surface area contributed by atoms with E-state index < -0.39 is 10.0 Å². The summed E-state index contributed by atoms with van der Waals surface area (Å²) in [6.07, 6.45) is 1.19. The number of aryl methyl sites for hydroxylation is 1. The molecule has 1 aliphatic heterocycles. The first-order chi connectivity index (χ1) is 9.82. The van der Waals surface area contributed by atoms with Gasteiger partial charge in [0.1, 0.15) is 5.75 Å². The predicted molar refractivity (Wildman–Crippen MR) is 80.1 cm³/mol. The van der Waals surface area contributed by atoms with E-state index >= 15 is 0 Å². The van der Waals surface area contributed by atoms with E-state index in [1.54, 1.807) is 17.0 Å². The third-order valence-electron chi connectivity index (χ3n) is 3.58. The predicted octanol–water partition coefficient (Wildman–Crippen LogP) is 0.721. The highest BCUT2D eigenvalue weighted by Crippen LogP contribution is 2.22. The van der Waals surface area contributed by atoms with E-state index in [4.69, 9.17) is 4.74 Å². The number of hydrogen-bond donors (Lipinski definition) is 0. The third-order valence-corrected chi connectivity index (χ3v) is 4.88. The van der Waals surface area contributed by atoms with Crippen LogP contribution in [0.1, 0.15) is 15.9 Å². The summed E-state index contributed by atoms with van der Waals surface area (Å²) in [5.41, 5.74) is 1.50. The van der Waals surface area contributed by atoms with Crippen LogP contribution in [-0.2, 0) is 10.0 Å². The lowest BCUT2D eigenvalue weighted by Crippen LogP contribution is -2.50. The number of rotatable bonds is 3. The Labute approximate surface area is 125 Å². The second-order valence-electron chi connectivity index (χ2n) is 5.16. The molecule has 0 saturated carbocycles. The first-order valence-electron chi connectivity index (χ1n) is 6.72. The molecule has 1 aromatic rings. The smallest absolute Gasteiger partial charge is 0.257 e. The fraction of sp³-hybridized carbons (Fsp3) is 0.500. The lowest BCUT2D eigenvalue weighted by atomic mass is 10.1. The summed E-state index contributed by atoms with van der Waals surface area (Å²) >= 11 is 0. The zero-order chi connectivity index (χ0) is 15.6. The van der Waals surface area contributed by atoms with Crippen molar-refractivity contribution in [2.75, 3.05) is 39.5 Å². The van der Waals surface area contributed by atoms with Gasteiger partial charge in [0, 0.05) is 26.2 Å². The summed E-state index contributed by atoms with van der Waals surface area (Å²) in [5.74, 6) is 0.417. The Morgan fingerprint density at radius 3 is 2.33 bits per heavy atom. The molecule has 0 atom stereocenters. The Kier molecular flexibility index (Phi) is 4.53. The summed E-state index contributed by atoms with van der Waals surface area (Å²) in [6.45, 7) is 3.36. The molecule has 0 bridgehead atoms. The topological polar surface area (TPSA) is 66.9 Å². The molecule has 0 N–H and O–H groups in total. The lowest BCUT2D eigenvalue weighted by Gasteiger charge is -2.33. The largest absolute Gasteiger partial charge is 0.496 e.